The molecule has 4 nitrogen and oxygen atoms in total. The van der Waals surface area contributed by atoms with E-state index in [1.54, 1.807) is 6.20 Å². The SMILES string of the molecule is c1ccc(Oc2cccc([C@H]3CNCCO3)c2)nc1. The molecule has 1 N–H and O–H groups in total. The average Bonchev–Trinajstić information content (AvgIpc) is 2.49. The molecule has 1 aromatic carbocycles. The van der Waals surface area contributed by atoms with Gasteiger partial charge in [-0.3, -0.25) is 0 Å². The zero-order chi connectivity index (χ0) is 12.9. The van der Waals surface area contributed by atoms with Crippen LogP contribution in [0.2, 0.25) is 0 Å². The molecule has 0 unspecified atom stereocenters. The van der Waals surface area contributed by atoms with Crippen molar-refractivity contribution in [3.8, 4) is 11.6 Å². The fourth-order valence-corrected chi connectivity index (χ4v) is 2.09. The lowest BCUT2D eigenvalue weighted by Crippen LogP contribution is -2.33. The van der Waals surface area contributed by atoms with Gasteiger partial charge in [0.1, 0.15) is 5.75 Å². The molecule has 1 aliphatic rings. The number of pyridine rings is 1. The maximum Gasteiger partial charge on any atom is 0.219 e. The number of aromatic nitrogens is 1. The molecule has 4 heteroatoms. The van der Waals surface area contributed by atoms with Gasteiger partial charge in [0.15, 0.2) is 0 Å². The number of morpholine rings is 1. The Morgan fingerprint density at radius 1 is 1.21 bits per heavy atom. The fraction of sp³-hybridized carbons (Fsp3) is 0.267. The van der Waals surface area contributed by atoms with Crippen molar-refractivity contribution < 1.29 is 9.47 Å². The van der Waals surface area contributed by atoms with Gasteiger partial charge in [0.2, 0.25) is 5.88 Å². The van der Waals surface area contributed by atoms with Gasteiger partial charge < -0.3 is 14.8 Å². The second-order valence-electron chi connectivity index (χ2n) is 4.41. The molecule has 0 bridgehead atoms. The normalized spacial score (nSPS) is 19.1. The van der Waals surface area contributed by atoms with Crippen molar-refractivity contribution in [1.29, 1.82) is 0 Å². The predicted octanol–water partition coefficient (Wildman–Crippen LogP) is 2.53. The van der Waals surface area contributed by atoms with Crippen molar-refractivity contribution in [1.82, 2.24) is 10.3 Å². The second-order valence-corrected chi connectivity index (χ2v) is 4.41. The van der Waals surface area contributed by atoms with E-state index in [1.165, 1.54) is 0 Å². The van der Waals surface area contributed by atoms with Crippen LogP contribution in [0.25, 0.3) is 0 Å². The van der Waals surface area contributed by atoms with Crippen molar-refractivity contribution in [2.75, 3.05) is 19.7 Å². The minimum atomic E-state index is 0.0982. The van der Waals surface area contributed by atoms with Crippen LogP contribution in [0.5, 0.6) is 11.6 Å². The van der Waals surface area contributed by atoms with Crippen LogP contribution in [0, 0.1) is 0 Å². The van der Waals surface area contributed by atoms with Gasteiger partial charge in [0.25, 0.3) is 0 Å². The second kappa shape index (κ2) is 5.82. The fourth-order valence-electron chi connectivity index (χ4n) is 2.09. The molecular weight excluding hydrogens is 240 g/mol. The van der Waals surface area contributed by atoms with E-state index in [2.05, 4.69) is 16.4 Å². The van der Waals surface area contributed by atoms with E-state index in [0.29, 0.717) is 5.88 Å². The molecule has 19 heavy (non-hydrogen) atoms. The average molecular weight is 256 g/mol. The molecule has 0 spiro atoms. The molecule has 1 atom stereocenters. The highest BCUT2D eigenvalue weighted by molar-refractivity contribution is 5.33. The maximum atomic E-state index is 5.74. The smallest absolute Gasteiger partial charge is 0.219 e. The van der Waals surface area contributed by atoms with E-state index in [1.807, 2.05) is 36.4 Å². The zero-order valence-electron chi connectivity index (χ0n) is 10.6. The van der Waals surface area contributed by atoms with Crippen LogP contribution in [-0.2, 0) is 4.74 Å². The number of hydrogen-bond donors (Lipinski definition) is 1. The molecule has 0 radical (unpaired) electrons. The van der Waals surface area contributed by atoms with Crippen LogP contribution >= 0.6 is 0 Å². The summed E-state index contributed by atoms with van der Waals surface area (Å²) >= 11 is 0. The molecular formula is C15H16N2O2. The predicted molar refractivity (Wildman–Crippen MR) is 72.3 cm³/mol. The van der Waals surface area contributed by atoms with Crippen LogP contribution in [0.4, 0.5) is 0 Å². The molecule has 98 valence electrons. The zero-order valence-corrected chi connectivity index (χ0v) is 10.6. The highest BCUT2D eigenvalue weighted by Crippen LogP contribution is 2.25. The highest BCUT2D eigenvalue weighted by Gasteiger charge is 2.16. The first kappa shape index (κ1) is 12.1. The van der Waals surface area contributed by atoms with Crippen molar-refractivity contribution in [2.24, 2.45) is 0 Å². The first-order chi connectivity index (χ1) is 9.42. The molecule has 0 saturated carbocycles. The molecule has 1 aliphatic heterocycles. The number of nitrogens with one attached hydrogen (secondary N) is 1. The summed E-state index contributed by atoms with van der Waals surface area (Å²) in [6, 6.07) is 13.6. The van der Waals surface area contributed by atoms with Gasteiger partial charge >= 0.3 is 0 Å². The Bertz CT molecular complexity index is 525. The van der Waals surface area contributed by atoms with Crippen LogP contribution in [0.1, 0.15) is 11.7 Å². The first-order valence-corrected chi connectivity index (χ1v) is 6.43. The number of ether oxygens (including phenoxy) is 2. The summed E-state index contributed by atoms with van der Waals surface area (Å²) in [5, 5.41) is 3.32. The Morgan fingerprint density at radius 3 is 3.00 bits per heavy atom. The quantitative estimate of drug-likeness (QED) is 0.916. The lowest BCUT2D eigenvalue weighted by Gasteiger charge is -2.24. The molecule has 1 saturated heterocycles. The van der Waals surface area contributed by atoms with Gasteiger partial charge in [0.05, 0.1) is 12.7 Å². The standard InChI is InChI=1S/C15H16N2O2/c1-2-7-17-15(6-1)19-13-5-3-4-12(10-13)14-11-16-8-9-18-14/h1-7,10,14,16H,8-9,11H2/t14-/m1/s1. The van der Waals surface area contributed by atoms with Crippen molar-refractivity contribution in [2.45, 2.75) is 6.10 Å². The number of rotatable bonds is 3. The molecule has 3 rings (SSSR count). The first-order valence-electron chi connectivity index (χ1n) is 6.43. The molecule has 0 amide bonds. The minimum Gasteiger partial charge on any atom is -0.439 e. The third-order valence-electron chi connectivity index (χ3n) is 3.02. The van der Waals surface area contributed by atoms with Crippen molar-refractivity contribution in [3.05, 3.63) is 54.2 Å². The summed E-state index contributed by atoms with van der Waals surface area (Å²) in [5.41, 5.74) is 1.13. The molecule has 2 aromatic rings. The molecule has 1 aromatic heterocycles. The monoisotopic (exact) mass is 256 g/mol. The summed E-state index contributed by atoms with van der Waals surface area (Å²) in [6.45, 7) is 2.50. The molecule has 0 aliphatic carbocycles. The lowest BCUT2D eigenvalue weighted by molar-refractivity contribution is 0.0276. The maximum absolute atomic E-state index is 5.74. The third kappa shape index (κ3) is 3.10. The van der Waals surface area contributed by atoms with Crippen LogP contribution < -0.4 is 10.1 Å². The number of benzene rings is 1. The van der Waals surface area contributed by atoms with E-state index < -0.39 is 0 Å². The summed E-state index contributed by atoms with van der Waals surface area (Å²) < 4.78 is 11.5. The Hall–Kier alpha value is -1.91. The van der Waals surface area contributed by atoms with Gasteiger partial charge in [-0.15, -0.1) is 0 Å². The van der Waals surface area contributed by atoms with Gasteiger partial charge in [0, 0.05) is 25.4 Å². The van der Waals surface area contributed by atoms with Crippen LogP contribution in [-0.4, -0.2) is 24.7 Å². The lowest BCUT2D eigenvalue weighted by atomic mass is 10.1. The Kier molecular flexibility index (Phi) is 3.72. The van der Waals surface area contributed by atoms with Gasteiger partial charge in [-0.2, -0.15) is 0 Å². The van der Waals surface area contributed by atoms with E-state index in [4.69, 9.17) is 9.47 Å². The number of hydrogen-bond acceptors (Lipinski definition) is 4. The van der Waals surface area contributed by atoms with E-state index >= 15 is 0 Å². The Balaban J connectivity index is 1.76. The van der Waals surface area contributed by atoms with Gasteiger partial charge in [-0.25, -0.2) is 4.98 Å². The van der Waals surface area contributed by atoms with Crippen LogP contribution in [0.15, 0.2) is 48.7 Å². The van der Waals surface area contributed by atoms with E-state index in [9.17, 15) is 0 Å². The van der Waals surface area contributed by atoms with Crippen molar-refractivity contribution in [3.63, 3.8) is 0 Å². The Morgan fingerprint density at radius 2 is 2.21 bits per heavy atom. The summed E-state index contributed by atoms with van der Waals surface area (Å²) in [7, 11) is 0. The molecule has 1 fully saturated rings. The largest absolute Gasteiger partial charge is 0.439 e. The van der Waals surface area contributed by atoms with Crippen LogP contribution in [0.3, 0.4) is 0 Å². The summed E-state index contributed by atoms with van der Waals surface area (Å²) in [6.07, 6.45) is 1.81. The topological polar surface area (TPSA) is 43.4 Å². The van der Waals surface area contributed by atoms with E-state index in [-0.39, 0.29) is 6.10 Å². The summed E-state index contributed by atoms with van der Waals surface area (Å²) in [4.78, 5) is 4.15. The summed E-state index contributed by atoms with van der Waals surface area (Å²) in [5.74, 6) is 1.38. The van der Waals surface area contributed by atoms with Crippen molar-refractivity contribution >= 4 is 0 Å². The minimum absolute atomic E-state index is 0.0982. The highest BCUT2D eigenvalue weighted by atomic mass is 16.5. The van der Waals surface area contributed by atoms with Gasteiger partial charge in [-0.05, 0) is 23.8 Å². The number of nitrogens with zero attached hydrogens (tertiary/aromatic N) is 1. The van der Waals surface area contributed by atoms with Gasteiger partial charge in [-0.1, -0.05) is 18.2 Å². The van der Waals surface area contributed by atoms with E-state index in [0.717, 1.165) is 31.0 Å². The molecule has 2 heterocycles. The Labute approximate surface area is 112 Å². The third-order valence-corrected chi connectivity index (χ3v) is 3.02.